The maximum atomic E-state index is 9.71. The largest absolute Gasteiger partial charge is 0.192 e. The minimum atomic E-state index is 0.666. The van der Waals surface area contributed by atoms with E-state index >= 15 is 0 Å². The third-order valence-electron chi connectivity index (χ3n) is 7.73. The van der Waals surface area contributed by atoms with Gasteiger partial charge in [-0.1, -0.05) is 84.9 Å². The summed E-state index contributed by atoms with van der Waals surface area (Å²) >= 11 is 3.68. The van der Waals surface area contributed by atoms with Crippen molar-refractivity contribution >= 4 is 63.0 Å². The molecule has 1 nitrogen and oxygen atoms in total. The zero-order chi connectivity index (χ0) is 26.6. The first-order valence-electron chi connectivity index (χ1n) is 13.2. The lowest BCUT2D eigenvalue weighted by Gasteiger charge is -2.15. The molecule has 40 heavy (non-hydrogen) atoms. The first kappa shape index (κ1) is 23.2. The molecule has 2 heterocycles. The van der Waals surface area contributed by atoms with Crippen LogP contribution in [0.1, 0.15) is 5.56 Å². The Morgan fingerprint density at radius 1 is 0.425 bits per heavy atom. The SMILES string of the molecule is N#Cc1cccc(-c2cc(-c3cccc4sc5ccccc5c34)ccc2-c2cccc3sc4ccccc4c23)c1. The van der Waals surface area contributed by atoms with E-state index in [0.29, 0.717) is 5.56 Å². The summed E-state index contributed by atoms with van der Waals surface area (Å²) in [5.74, 6) is 0. The molecule has 0 aliphatic carbocycles. The van der Waals surface area contributed by atoms with Gasteiger partial charge >= 0.3 is 0 Å². The third-order valence-corrected chi connectivity index (χ3v) is 10.0. The van der Waals surface area contributed by atoms with Gasteiger partial charge in [0.15, 0.2) is 0 Å². The van der Waals surface area contributed by atoms with Crippen LogP contribution in [0, 0.1) is 11.3 Å². The Morgan fingerprint density at radius 3 is 1.70 bits per heavy atom. The van der Waals surface area contributed by atoms with Gasteiger partial charge in [-0.2, -0.15) is 5.26 Å². The van der Waals surface area contributed by atoms with Crippen LogP contribution in [-0.4, -0.2) is 0 Å². The van der Waals surface area contributed by atoms with Crippen LogP contribution in [-0.2, 0) is 0 Å². The molecule has 0 aliphatic rings. The number of hydrogen-bond donors (Lipinski definition) is 0. The molecule has 0 fully saturated rings. The number of hydrogen-bond acceptors (Lipinski definition) is 3. The van der Waals surface area contributed by atoms with Gasteiger partial charge in [-0.25, -0.2) is 0 Å². The minimum absolute atomic E-state index is 0.666. The van der Waals surface area contributed by atoms with E-state index in [1.165, 1.54) is 62.6 Å². The fourth-order valence-corrected chi connectivity index (χ4v) is 8.22. The molecule has 0 saturated carbocycles. The second-order valence-corrected chi connectivity index (χ2v) is 12.2. The predicted molar refractivity (Wildman–Crippen MR) is 173 cm³/mol. The van der Waals surface area contributed by atoms with Gasteiger partial charge in [0.1, 0.15) is 0 Å². The first-order valence-corrected chi connectivity index (χ1v) is 14.9. The van der Waals surface area contributed by atoms with Crippen LogP contribution in [0.2, 0.25) is 0 Å². The van der Waals surface area contributed by atoms with Gasteiger partial charge in [0, 0.05) is 40.3 Å². The summed E-state index contributed by atoms with van der Waals surface area (Å²) in [6.07, 6.45) is 0. The second-order valence-electron chi connectivity index (χ2n) is 10.0. The molecule has 0 aliphatic heterocycles. The van der Waals surface area contributed by atoms with Gasteiger partial charge in [0.05, 0.1) is 11.6 Å². The van der Waals surface area contributed by atoms with Crippen molar-refractivity contribution in [2.75, 3.05) is 0 Å². The monoisotopic (exact) mass is 543 g/mol. The summed E-state index contributed by atoms with van der Waals surface area (Å²) in [6.45, 7) is 0. The molecule has 0 bridgehead atoms. The topological polar surface area (TPSA) is 23.8 Å². The van der Waals surface area contributed by atoms with Crippen molar-refractivity contribution in [1.29, 1.82) is 5.26 Å². The van der Waals surface area contributed by atoms with Crippen molar-refractivity contribution in [3.63, 3.8) is 0 Å². The Balaban J connectivity index is 1.44. The molecule has 0 unspecified atom stereocenters. The van der Waals surface area contributed by atoms with Crippen molar-refractivity contribution in [2.45, 2.75) is 0 Å². The zero-order valence-electron chi connectivity index (χ0n) is 21.4. The summed E-state index contributed by atoms with van der Waals surface area (Å²) in [4.78, 5) is 0. The van der Waals surface area contributed by atoms with Crippen molar-refractivity contribution in [3.05, 3.63) is 133 Å². The molecule has 0 radical (unpaired) electrons. The number of rotatable bonds is 3. The quantitative estimate of drug-likeness (QED) is 0.217. The lowest BCUT2D eigenvalue weighted by molar-refractivity contribution is 1.48. The first-order chi connectivity index (χ1) is 19.8. The molecule has 3 heteroatoms. The summed E-state index contributed by atoms with van der Waals surface area (Å²) in [6, 6.07) is 47.8. The molecule has 0 atom stereocenters. The Bertz CT molecular complexity index is 2290. The Morgan fingerprint density at radius 2 is 1.00 bits per heavy atom. The molecule has 186 valence electrons. The van der Waals surface area contributed by atoms with Crippen molar-refractivity contribution in [3.8, 4) is 39.4 Å². The van der Waals surface area contributed by atoms with Gasteiger partial charge in [-0.15, -0.1) is 22.7 Å². The fourth-order valence-electron chi connectivity index (χ4n) is 5.96. The van der Waals surface area contributed by atoms with Crippen LogP contribution in [0.25, 0.3) is 73.7 Å². The Hall–Kier alpha value is -4.75. The minimum Gasteiger partial charge on any atom is -0.192 e. The summed E-state index contributed by atoms with van der Waals surface area (Å²) in [7, 11) is 0. The number of nitrogens with zero attached hydrogens (tertiary/aromatic N) is 1. The number of benzene rings is 6. The van der Waals surface area contributed by atoms with Crippen LogP contribution in [0.15, 0.2) is 127 Å². The molecule has 0 N–H and O–H groups in total. The molecule has 6 aromatic carbocycles. The smallest absolute Gasteiger partial charge is 0.0991 e. The highest BCUT2D eigenvalue weighted by atomic mass is 32.1. The standard InChI is InChI=1S/C37H21NS2/c38-22-23-8-5-9-24(20-23)31-21-25(26-12-6-16-34-36(26)29-10-1-3-14-32(29)39-34)18-19-27(31)28-13-7-17-35-37(28)30-11-2-4-15-33(30)40-35/h1-21H. The van der Waals surface area contributed by atoms with Crippen LogP contribution >= 0.6 is 22.7 Å². The number of thiophene rings is 2. The molecule has 0 saturated heterocycles. The van der Waals surface area contributed by atoms with E-state index in [2.05, 4.69) is 115 Å². The third kappa shape index (κ3) is 3.58. The molecule has 8 rings (SSSR count). The summed E-state index contributed by atoms with van der Waals surface area (Å²) < 4.78 is 5.18. The maximum absolute atomic E-state index is 9.71. The normalized spacial score (nSPS) is 11.5. The molecule has 0 amide bonds. The molecule has 2 aromatic heterocycles. The predicted octanol–water partition coefficient (Wildman–Crippen LogP) is 11.3. The summed E-state index contributed by atoms with van der Waals surface area (Å²) in [5, 5.41) is 14.9. The van der Waals surface area contributed by atoms with Crippen LogP contribution in [0.5, 0.6) is 0 Å². The van der Waals surface area contributed by atoms with E-state index in [1.54, 1.807) is 0 Å². The van der Waals surface area contributed by atoms with Gasteiger partial charge < -0.3 is 0 Å². The Labute approximate surface area is 239 Å². The maximum Gasteiger partial charge on any atom is 0.0991 e. The van der Waals surface area contributed by atoms with E-state index in [4.69, 9.17) is 0 Å². The van der Waals surface area contributed by atoms with E-state index in [0.717, 1.165) is 11.1 Å². The van der Waals surface area contributed by atoms with E-state index in [9.17, 15) is 5.26 Å². The second kappa shape index (κ2) is 9.17. The van der Waals surface area contributed by atoms with Crippen LogP contribution < -0.4 is 0 Å². The zero-order valence-corrected chi connectivity index (χ0v) is 23.0. The van der Waals surface area contributed by atoms with Crippen LogP contribution in [0.3, 0.4) is 0 Å². The van der Waals surface area contributed by atoms with Crippen molar-refractivity contribution in [2.24, 2.45) is 0 Å². The lowest BCUT2D eigenvalue weighted by atomic mass is 9.88. The molecular weight excluding hydrogens is 523 g/mol. The number of fused-ring (bicyclic) bond motifs is 6. The summed E-state index contributed by atoms with van der Waals surface area (Å²) in [5.41, 5.74) is 7.66. The van der Waals surface area contributed by atoms with E-state index < -0.39 is 0 Å². The van der Waals surface area contributed by atoms with E-state index in [1.807, 2.05) is 40.9 Å². The van der Waals surface area contributed by atoms with E-state index in [-0.39, 0.29) is 0 Å². The fraction of sp³-hybridized carbons (Fsp3) is 0. The van der Waals surface area contributed by atoms with Crippen molar-refractivity contribution in [1.82, 2.24) is 0 Å². The highest BCUT2D eigenvalue weighted by Crippen LogP contribution is 2.45. The van der Waals surface area contributed by atoms with Crippen LogP contribution in [0.4, 0.5) is 0 Å². The van der Waals surface area contributed by atoms with Gasteiger partial charge in [0.2, 0.25) is 0 Å². The lowest BCUT2D eigenvalue weighted by Crippen LogP contribution is -1.90. The Kier molecular flexibility index (Phi) is 5.31. The average molecular weight is 544 g/mol. The molecular formula is C37H21NS2. The van der Waals surface area contributed by atoms with Crippen molar-refractivity contribution < 1.29 is 0 Å². The van der Waals surface area contributed by atoms with Gasteiger partial charge in [-0.05, 0) is 75.8 Å². The van der Waals surface area contributed by atoms with Gasteiger partial charge in [-0.3, -0.25) is 0 Å². The highest BCUT2D eigenvalue weighted by molar-refractivity contribution is 7.26. The highest BCUT2D eigenvalue weighted by Gasteiger charge is 2.17. The number of nitriles is 1. The van der Waals surface area contributed by atoms with Gasteiger partial charge in [0.25, 0.3) is 0 Å². The molecule has 0 spiro atoms. The average Bonchev–Trinajstić information content (AvgIpc) is 3.59. The molecule has 8 aromatic rings.